The predicted molar refractivity (Wildman–Crippen MR) is 43.6 cm³/mol. The molecule has 0 atom stereocenters. The second-order valence-electron chi connectivity index (χ2n) is 3.00. The van der Waals surface area contributed by atoms with Gasteiger partial charge in [-0.2, -0.15) is 18.4 Å². The van der Waals surface area contributed by atoms with Crippen LogP contribution in [0.3, 0.4) is 0 Å². The summed E-state index contributed by atoms with van der Waals surface area (Å²) >= 11 is 0. The van der Waals surface area contributed by atoms with E-state index in [4.69, 9.17) is 5.26 Å². The van der Waals surface area contributed by atoms with Gasteiger partial charge < -0.3 is 0 Å². The molecule has 0 amide bonds. The zero-order valence-corrected chi connectivity index (χ0v) is 7.94. The van der Waals surface area contributed by atoms with Crippen molar-refractivity contribution in [3.63, 3.8) is 0 Å². The number of alkyl halides is 5. The molecule has 0 saturated heterocycles. The van der Waals surface area contributed by atoms with Gasteiger partial charge in [-0.25, -0.2) is 13.8 Å². The van der Waals surface area contributed by atoms with Gasteiger partial charge in [-0.05, 0) is 18.6 Å². The zero-order valence-electron chi connectivity index (χ0n) is 7.94. The van der Waals surface area contributed by atoms with Crippen molar-refractivity contribution in [1.29, 1.82) is 5.26 Å². The van der Waals surface area contributed by atoms with Gasteiger partial charge in [0, 0.05) is 0 Å². The lowest BCUT2D eigenvalue weighted by Crippen LogP contribution is -2.12. The van der Waals surface area contributed by atoms with E-state index in [-0.39, 0.29) is 5.56 Å². The third-order valence-electron chi connectivity index (χ3n) is 1.87. The van der Waals surface area contributed by atoms with Gasteiger partial charge in [0.2, 0.25) is 0 Å². The first-order valence-electron chi connectivity index (χ1n) is 4.04. The number of aryl methyl sites for hydroxylation is 1. The fraction of sp³-hybridized carbons (Fsp3) is 0.333. The van der Waals surface area contributed by atoms with Crippen LogP contribution in [0.15, 0.2) is 6.07 Å². The van der Waals surface area contributed by atoms with Crippen molar-refractivity contribution in [2.45, 2.75) is 19.5 Å². The van der Waals surface area contributed by atoms with Gasteiger partial charge in [0.25, 0.3) is 6.43 Å². The first kappa shape index (κ1) is 12.4. The summed E-state index contributed by atoms with van der Waals surface area (Å²) in [5, 5.41) is 8.42. The number of halogens is 5. The number of hydrogen-bond acceptors (Lipinski definition) is 2. The number of rotatable bonds is 1. The summed E-state index contributed by atoms with van der Waals surface area (Å²) in [6.45, 7) is 1.09. The average Bonchev–Trinajstić information content (AvgIpc) is 2.15. The van der Waals surface area contributed by atoms with Gasteiger partial charge in [-0.3, -0.25) is 0 Å². The molecular formula is C9H5F5N2. The molecule has 1 aromatic heterocycles. The van der Waals surface area contributed by atoms with E-state index in [1.807, 2.05) is 0 Å². The lowest BCUT2D eigenvalue weighted by atomic mass is 10.1. The minimum absolute atomic E-state index is 0.290. The summed E-state index contributed by atoms with van der Waals surface area (Å²) in [5.74, 6) is 0. The fourth-order valence-electron chi connectivity index (χ4n) is 1.15. The van der Waals surface area contributed by atoms with Gasteiger partial charge >= 0.3 is 6.18 Å². The maximum absolute atomic E-state index is 12.4. The Morgan fingerprint density at radius 3 is 2.31 bits per heavy atom. The largest absolute Gasteiger partial charge is 0.419 e. The summed E-state index contributed by atoms with van der Waals surface area (Å²) in [5.41, 5.74) is -3.42. The molecular weight excluding hydrogens is 231 g/mol. The first-order valence-corrected chi connectivity index (χ1v) is 4.04. The van der Waals surface area contributed by atoms with Crippen molar-refractivity contribution in [2.24, 2.45) is 0 Å². The molecule has 0 fully saturated rings. The number of nitrogens with zero attached hydrogens (tertiary/aromatic N) is 2. The maximum atomic E-state index is 12.4. The molecule has 0 saturated carbocycles. The van der Waals surface area contributed by atoms with Crippen molar-refractivity contribution in [1.82, 2.24) is 4.98 Å². The maximum Gasteiger partial charge on any atom is 0.419 e. The summed E-state index contributed by atoms with van der Waals surface area (Å²) in [4.78, 5) is 3.03. The fourth-order valence-corrected chi connectivity index (χ4v) is 1.15. The highest BCUT2D eigenvalue weighted by molar-refractivity contribution is 5.38. The highest BCUT2D eigenvalue weighted by Gasteiger charge is 2.35. The smallest absolute Gasteiger partial charge is 0.235 e. The molecule has 0 unspecified atom stereocenters. The number of aromatic nitrogens is 1. The van der Waals surface area contributed by atoms with Gasteiger partial charge in [-0.1, -0.05) is 0 Å². The molecule has 0 bridgehead atoms. The molecule has 2 nitrogen and oxygen atoms in total. The highest BCUT2D eigenvalue weighted by atomic mass is 19.4. The van der Waals surface area contributed by atoms with Crippen LogP contribution in [-0.4, -0.2) is 4.98 Å². The van der Waals surface area contributed by atoms with E-state index in [0.29, 0.717) is 6.07 Å². The Labute approximate surface area is 87.3 Å². The minimum Gasteiger partial charge on any atom is -0.235 e. The quantitative estimate of drug-likeness (QED) is 0.702. The van der Waals surface area contributed by atoms with E-state index in [1.165, 1.54) is 0 Å². The van der Waals surface area contributed by atoms with E-state index < -0.39 is 29.6 Å². The van der Waals surface area contributed by atoms with Crippen LogP contribution in [0.1, 0.15) is 28.9 Å². The van der Waals surface area contributed by atoms with E-state index in [0.717, 1.165) is 13.0 Å². The number of pyridine rings is 1. The Kier molecular flexibility index (Phi) is 3.12. The van der Waals surface area contributed by atoms with Crippen LogP contribution in [0.4, 0.5) is 22.0 Å². The van der Waals surface area contributed by atoms with Crippen LogP contribution in [0.25, 0.3) is 0 Å². The van der Waals surface area contributed by atoms with Gasteiger partial charge in [0.05, 0.1) is 5.56 Å². The van der Waals surface area contributed by atoms with Crippen molar-refractivity contribution >= 4 is 0 Å². The van der Waals surface area contributed by atoms with Crippen LogP contribution in [0, 0.1) is 18.3 Å². The van der Waals surface area contributed by atoms with Crippen molar-refractivity contribution < 1.29 is 22.0 Å². The molecule has 1 heterocycles. The van der Waals surface area contributed by atoms with Crippen molar-refractivity contribution in [3.8, 4) is 6.07 Å². The standard InChI is InChI=1S/C9H5F5N2/c1-4-2-5(9(12,13)14)6(3-15)16-7(4)8(10)11/h2,8H,1H3. The van der Waals surface area contributed by atoms with Gasteiger partial charge in [0.15, 0.2) is 5.69 Å². The Morgan fingerprint density at radius 1 is 1.38 bits per heavy atom. The summed E-state index contributed by atoms with van der Waals surface area (Å²) in [7, 11) is 0. The number of nitriles is 1. The normalized spacial score (nSPS) is 11.6. The molecule has 0 aliphatic carbocycles. The Morgan fingerprint density at radius 2 is 1.94 bits per heavy atom. The Balaban J connectivity index is 3.46. The van der Waals surface area contributed by atoms with Crippen LogP contribution in [-0.2, 0) is 6.18 Å². The molecule has 7 heteroatoms. The van der Waals surface area contributed by atoms with E-state index in [9.17, 15) is 22.0 Å². The predicted octanol–water partition coefficient (Wildman–Crippen LogP) is 3.22. The second kappa shape index (κ2) is 4.04. The van der Waals surface area contributed by atoms with Crippen molar-refractivity contribution in [3.05, 3.63) is 28.6 Å². The summed E-state index contributed by atoms with van der Waals surface area (Å²) in [6.07, 6.45) is -7.78. The monoisotopic (exact) mass is 236 g/mol. The molecule has 0 N–H and O–H groups in total. The van der Waals surface area contributed by atoms with E-state index in [2.05, 4.69) is 4.98 Å². The summed E-state index contributed by atoms with van der Waals surface area (Å²) < 4.78 is 61.7. The molecule has 16 heavy (non-hydrogen) atoms. The van der Waals surface area contributed by atoms with Gasteiger partial charge in [0.1, 0.15) is 11.8 Å². The lowest BCUT2D eigenvalue weighted by Gasteiger charge is -2.11. The molecule has 86 valence electrons. The Bertz CT molecular complexity index is 444. The third-order valence-corrected chi connectivity index (χ3v) is 1.87. The molecule has 1 aromatic rings. The minimum atomic E-state index is -4.77. The van der Waals surface area contributed by atoms with E-state index >= 15 is 0 Å². The number of hydrogen-bond donors (Lipinski definition) is 0. The highest BCUT2D eigenvalue weighted by Crippen LogP contribution is 2.33. The Hall–Kier alpha value is -1.71. The zero-order chi connectivity index (χ0) is 12.5. The topological polar surface area (TPSA) is 36.7 Å². The van der Waals surface area contributed by atoms with Crippen LogP contribution >= 0.6 is 0 Å². The average molecular weight is 236 g/mol. The molecule has 0 aromatic carbocycles. The molecule has 1 rings (SSSR count). The van der Waals surface area contributed by atoms with Crippen LogP contribution in [0.5, 0.6) is 0 Å². The lowest BCUT2D eigenvalue weighted by molar-refractivity contribution is -0.138. The molecule has 0 spiro atoms. The SMILES string of the molecule is Cc1cc(C(F)(F)F)c(C#N)nc1C(F)F. The molecule has 0 aliphatic heterocycles. The summed E-state index contributed by atoms with van der Waals surface area (Å²) in [6, 6.07) is 1.67. The molecule has 0 aliphatic rings. The van der Waals surface area contributed by atoms with Crippen LogP contribution < -0.4 is 0 Å². The molecule has 0 radical (unpaired) electrons. The second-order valence-corrected chi connectivity index (χ2v) is 3.00. The van der Waals surface area contributed by atoms with Crippen LogP contribution in [0.2, 0.25) is 0 Å². The first-order chi connectivity index (χ1) is 7.27. The van der Waals surface area contributed by atoms with Crippen molar-refractivity contribution in [2.75, 3.05) is 0 Å². The van der Waals surface area contributed by atoms with E-state index in [1.54, 1.807) is 0 Å². The van der Waals surface area contributed by atoms with Gasteiger partial charge in [-0.15, -0.1) is 0 Å². The third kappa shape index (κ3) is 2.27.